The zero-order chi connectivity index (χ0) is 25.9. The van der Waals surface area contributed by atoms with Crippen molar-refractivity contribution in [2.24, 2.45) is 5.92 Å². The molecule has 36 heavy (non-hydrogen) atoms. The molecule has 1 aromatic heterocycles. The van der Waals surface area contributed by atoms with Gasteiger partial charge in [-0.25, -0.2) is 9.97 Å². The van der Waals surface area contributed by atoms with Crippen molar-refractivity contribution in [3.8, 4) is 17.4 Å². The van der Waals surface area contributed by atoms with Crippen molar-refractivity contribution < 1.29 is 32.2 Å². The molecule has 0 spiro atoms. The lowest BCUT2D eigenvalue weighted by Gasteiger charge is -2.12. The molecule has 1 N–H and O–H groups in total. The van der Waals surface area contributed by atoms with Crippen LogP contribution in [0.3, 0.4) is 0 Å². The number of alkyl halides is 3. The third kappa shape index (κ3) is 7.17. The first kappa shape index (κ1) is 25.4. The highest BCUT2D eigenvalue weighted by atomic mass is 35.5. The molecular formula is C25H21ClF3N3O4. The number of hydrogen-bond acceptors (Lipinski definition) is 6. The summed E-state index contributed by atoms with van der Waals surface area (Å²) in [6.07, 6.45) is -1.85. The number of nitrogens with one attached hydrogen (secondary N) is 1. The minimum Gasteiger partial charge on any atom is -0.439 e. The highest BCUT2D eigenvalue weighted by Gasteiger charge is 2.32. The second-order valence-corrected chi connectivity index (χ2v) is 8.82. The zero-order valence-corrected chi connectivity index (χ0v) is 19.8. The number of ether oxygens (including phenoxy) is 2. The van der Waals surface area contributed by atoms with Gasteiger partial charge in [-0.3, -0.25) is 9.59 Å². The van der Waals surface area contributed by atoms with Crippen LogP contribution in [0.4, 0.5) is 19.0 Å². The van der Waals surface area contributed by atoms with Crippen molar-refractivity contribution in [2.75, 3.05) is 5.32 Å². The Hall–Kier alpha value is -3.66. The maximum absolute atomic E-state index is 12.5. The number of nitrogens with zero attached hydrogens (tertiary/aromatic N) is 2. The third-order valence-electron chi connectivity index (χ3n) is 5.32. The molecule has 0 saturated heterocycles. The lowest BCUT2D eigenvalue weighted by atomic mass is 10.0. The van der Waals surface area contributed by atoms with E-state index in [-0.39, 0.29) is 41.4 Å². The minimum absolute atomic E-state index is 0.0387. The summed E-state index contributed by atoms with van der Waals surface area (Å²) in [7, 11) is 0. The van der Waals surface area contributed by atoms with E-state index in [0.717, 1.165) is 24.5 Å². The van der Waals surface area contributed by atoms with E-state index < -0.39 is 12.1 Å². The molecule has 3 aromatic rings. The van der Waals surface area contributed by atoms with Gasteiger partial charge in [0.25, 0.3) is 0 Å². The van der Waals surface area contributed by atoms with E-state index in [1.54, 1.807) is 25.1 Å². The second-order valence-electron chi connectivity index (χ2n) is 8.41. The average molecular weight is 520 g/mol. The minimum atomic E-state index is -4.88. The van der Waals surface area contributed by atoms with Gasteiger partial charge in [-0.2, -0.15) is 0 Å². The van der Waals surface area contributed by atoms with Crippen LogP contribution in [0.25, 0.3) is 0 Å². The van der Waals surface area contributed by atoms with Gasteiger partial charge >= 0.3 is 6.36 Å². The van der Waals surface area contributed by atoms with E-state index in [1.807, 2.05) is 0 Å². The monoisotopic (exact) mass is 519 g/mol. The number of carbonyl (C=O) groups excluding carboxylic acids is 2. The van der Waals surface area contributed by atoms with Crippen molar-refractivity contribution in [1.82, 2.24) is 9.97 Å². The topological polar surface area (TPSA) is 90.4 Å². The average Bonchev–Trinajstić information content (AvgIpc) is 3.63. The summed E-state index contributed by atoms with van der Waals surface area (Å²) in [4.78, 5) is 32.6. The number of halogens is 4. The van der Waals surface area contributed by atoms with Crippen molar-refractivity contribution in [1.29, 1.82) is 0 Å². The fourth-order valence-electron chi connectivity index (χ4n) is 3.46. The van der Waals surface area contributed by atoms with E-state index in [4.69, 9.17) is 16.3 Å². The maximum atomic E-state index is 12.5. The summed E-state index contributed by atoms with van der Waals surface area (Å²) in [6.45, 7) is 1.81. The number of aromatic nitrogens is 2. The van der Waals surface area contributed by atoms with Crippen LogP contribution < -0.4 is 14.8 Å². The van der Waals surface area contributed by atoms with Gasteiger partial charge in [-0.1, -0.05) is 29.8 Å². The van der Waals surface area contributed by atoms with Gasteiger partial charge in [0.2, 0.25) is 11.8 Å². The Bertz CT molecular complexity index is 1300. The summed E-state index contributed by atoms with van der Waals surface area (Å²) in [5.41, 5.74) is 1.81. The molecule has 0 bridgehead atoms. The second kappa shape index (κ2) is 10.5. The molecule has 188 valence electrons. The van der Waals surface area contributed by atoms with E-state index in [2.05, 4.69) is 20.0 Å². The van der Waals surface area contributed by atoms with Crippen LogP contribution in [0.1, 0.15) is 29.5 Å². The predicted molar refractivity (Wildman–Crippen MR) is 125 cm³/mol. The highest BCUT2D eigenvalue weighted by molar-refractivity contribution is 6.32. The number of carbonyl (C=O) groups is 2. The maximum Gasteiger partial charge on any atom is 0.573 e. The molecule has 1 heterocycles. The van der Waals surface area contributed by atoms with Crippen LogP contribution in [-0.4, -0.2) is 28.0 Å². The fraction of sp³-hybridized carbons (Fsp3) is 0.280. The molecule has 11 heteroatoms. The number of benzene rings is 2. The van der Waals surface area contributed by atoms with Crippen molar-refractivity contribution in [2.45, 2.75) is 39.0 Å². The third-order valence-corrected chi connectivity index (χ3v) is 5.63. The number of hydrogen-bond donors (Lipinski definition) is 1. The Morgan fingerprint density at radius 2 is 1.72 bits per heavy atom. The number of Topliss-reactive ketones (excluding diaryl/α,β-unsaturated/α-hetero) is 1. The van der Waals surface area contributed by atoms with Gasteiger partial charge in [0, 0.05) is 24.8 Å². The molecule has 1 amide bonds. The van der Waals surface area contributed by atoms with Crippen molar-refractivity contribution in [3.05, 3.63) is 70.5 Å². The van der Waals surface area contributed by atoms with E-state index in [0.29, 0.717) is 22.7 Å². The fourth-order valence-corrected chi connectivity index (χ4v) is 3.62. The zero-order valence-electron chi connectivity index (χ0n) is 19.1. The lowest BCUT2D eigenvalue weighted by Crippen LogP contribution is -2.17. The molecule has 1 aliphatic carbocycles. The number of amides is 1. The van der Waals surface area contributed by atoms with Gasteiger partial charge < -0.3 is 14.8 Å². The summed E-state index contributed by atoms with van der Waals surface area (Å²) in [5.74, 6) is 0.327. The Labute approximate surface area is 209 Å². The largest absolute Gasteiger partial charge is 0.573 e. The quantitative estimate of drug-likeness (QED) is 0.382. The van der Waals surface area contributed by atoms with Gasteiger partial charge in [0.1, 0.15) is 29.4 Å². The first-order valence-electron chi connectivity index (χ1n) is 11.0. The smallest absolute Gasteiger partial charge is 0.439 e. The Morgan fingerprint density at radius 3 is 2.39 bits per heavy atom. The van der Waals surface area contributed by atoms with Crippen LogP contribution in [0.2, 0.25) is 5.02 Å². The SMILES string of the molecule is Cc1cc(CC(=O)Cc2ccc(Cl)c(OC(F)(F)F)c2)ccc1Oc1cc(NC(=O)C2CC2)ncn1. The summed E-state index contributed by atoms with van der Waals surface area (Å²) < 4.78 is 47.3. The van der Waals surface area contributed by atoms with E-state index >= 15 is 0 Å². The number of rotatable bonds is 9. The molecule has 1 fully saturated rings. The van der Waals surface area contributed by atoms with Gasteiger partial charge in [0.15, 0.2) is 0 Å². The molecular weight excluding hydrogens is 499 g/mol. The number of anilines is 1. The van der Waals surface area contributed by atoms with Crippen LogP contribution in [0.5, 0.6) is 17.4 Å². The molecule has 2 aromatic carbocycles. The van der Waals surface area contributed by atoms with Gasteiger partial charge in [-0.15, -0.1) is 13.2 Å². The van der Waals surface area contributed by atoms with E-state index in [9.17, 15) is 22.8 Å². The molecule has 0 aliphatic heterocycles. The Balaban J connectivity index is 1.37. The van der Waals surface area contributed by atoms with E-state index in [1.165, 1.54) is 24.5 Å². The summed E-state index contributed by atoms with van der Waals surface area (Å²) >= 11 is 5.76. The molecule has 0 atom stereocenters. The van der Waals surface area contributed by atoms with Crippen molar-refractivity contribution in [3.63, 3.8) is 0 Å². The van der Waals surface area contributed by atoms with Crippen LogP contribution >= 0.6 is 11.6 Å². The van der Waals surface area contributed by atoms with Gasteiger partial charge in [0.05, 0.1) is 5.02 Å². The standard InChI is InChI=1S/C25H21ClF3N3O4/c1-14-8-15(9-18(33)10-16-2-6-19(26)21(11-16)36-25(27,28)29)3-7-20(14)35-23-12-22(30-13-31-23)32-24(34)17-4-5-17/h2-3,6-8,11-13,17H,4-5,9-10H2,1H3,(H,30,31,32,34). The van der Waals surface area contributed by atoms with Gasteiger partial charge in [-0.05, 0) is 54.7 Å². The first-order chi connectivity index (χ1) is 17.1. The van der Waals surface area contributed by atoms with Crippen molar-refractivity contribution >= 4 is 29.1 Å². The first-order valence-corrected chi connectivity index (χ1v) is 11.4. The molecule has 7 nitrogen and oxygen atoms in total. The van der Waals surface area contributed by atoms with Crippen LogP contribution in [0.15, 0.2) is 48.8 Å². The van der Waals surface area contributed by atoms with Crippen LogP contribution in [-0.2, 0) is 22.4 Å². The molecule has 1 aliphatic rings. The molecule has 4 rings (SSSR count). The highest BCUT2D eigenvalue weighted by Crippen LogP contribution is 2.32. The molecule has 0 radical (unpaired) electrons. The molecule has 1 saturated carbocycles. The Morgan fingerprint density at radius 1 is 1.03 bits per heavy atom. The molecule has 0 unspecified atom stereocenters. The predicted octanol–water partition coefficient (Wildman–Crippen LogP) is 5.83. The number of ketones is 1. The normalized spacial score (nSPS) is 13.2. The summed E-state index contributed by atoms with van der Waals surface area (Å²) in [5, 5.41) is 2.54. The Kier molecular flexibility index (Phi) is 7.44. The number of aryl methyl sites for hydroxylation is 1. The summed E-state index contributed by atoms with van der Waals surface area (Å²) in [6, 6.07) is 10.6. The lowest BCUT2D eigenvalue weighted by molar-refractivity contribution is -0.274. The van der Waals surface area contributed by atoms with Crippen LogP contribution in [0, 0.1) is 12.8 Å².